The van der Waals surface area contributed by atoms with Gasteiger partial charge in [-0.25, -0.2) is 0 Å². The van der Waals surface area contributed by atoms with Crippen molar-refractivity contribution in [2.75, 3.05) is 21.1 Å². The Bertz CT molecular complexity index is 418. The summed E-state index contributed by atoms with van der Waals surface area (Å²) in [6.45, 7) is 6.05. The number of aliphatic carboxylic acids is 1. The molecule has 0 unspecified atom stereocenters. The van der Waals surface area contributed by atoms with Crippen LogP contribution in [0.3, 0.4) is 0 Å². The van der Waals surface area contributed by atoms with Gasteiger partial charge in [-0.1, -0.05) is 103 Å². The predicted molar refractivity (Wildman–Crippen MR) is 135 cm³/mol. The van der Waals surface area contributed by atoms with E-state index < -0.39 is 5.97 Å². The molecule has 3 N–H and O–H groups in total. The minimum absolute atomic E-state index is 0.316. The van der Waals surface area contributed by atoms with Crippen molar-refractivity contribution in [1.82, 2.24) is 4.90 Å². The van der Waals surface area contributed by atoms with Gasteiger partial charge >= 0.3 is 5.97 Å². The van der Waals surface area contributed by atoms with E-state index in [0.29, 0.717) is 12.0 Å². The third kappa shape index (κ3) is 43.4. The lowest BCUT2D eigenvalue weighted by Crippen LogP contribution is -2.11. The Labute approximate surface area is 193 Å². The standard InChI is InChI=1S/C16H32O2.C7H13NO.C3H9N/c1-2-3-4-5-6-7-8-9-10-11-12-13-14-15-16(17)18;1-3-4-5-6(2)7(8)9;1-4(2)3/h2-15H2,1H3,(H,17,18);5H,3-4H2,1-2H3,(H2,8,9);1-3H3/b;6-5+;. The topological polar surface area (TPSA) is 83.6 Å². The Morgan fingerprint density at radius 3 is 1.39 bits per heavy atom. The van der Waals surface area contributed by atoms with Crippen molar-refractivity contribution in [1.29, 1.82) is 0 Å². The largest absolute Gasteiger partial charge is 0.481 e. The molecule has 0 bridgehead atoms. The Morgan fingerprint density at radius 1 is 0.742 bits per heavy atom. The van der Waals surface area contributed by atoms with Crippen molar-refractivity contribution < 1.29 is 14.7 Å². The van der Waals surface area contributed by atoms with Gasteiger partial charge in [-0.15, -0.1) is 0 Å². The SMILES string of the molecule is CCC/C=C(\C)C(N)=O.CCCCCCCCCCCCCCCC(=O)O.CN(C)C. The third-order valence-electron chi connectivity index (χ3n) is 4.62. The zero-order chi connectivity index (χ0) is 24.3. The molecule has 0 aromatic rings. The Kier molecular flexibility index (Phi) is 31.6. The van der Waals surface area contributed by atoms with Crippen molar-refractivity contribution in [2.45, 2.75) is 124 Å². The number of nitrogens with two attached hydrogens (primary N) is 1. The molecule has 0 aliphatic carbocycles. The fraction of sp³-hybridized carbons (Fsp3) is 0.846. The zero-order valence-corrected chi connectivity index (χ0v) is 21.7. The van der Waals surface area contributed by atoms with Crippen LogP contribution in [-0.2, 0) is 9.59 Å². The summed E-state index contributed by atoms with van der Waals surface area (Å²) < 4.78 is 0. The number of rotatable bonds is 17. The highest BCUT2D eigenvalue weighted by Crippen LogP contribution is 2.12. The number of hydrogen-bond donors (Lipinski definition) is 2. The van der Waals surface area contributed by atoms with Gasteiger partial charge in [-0.3, -0.25) is 9.59 Å². The number of carboxylic acids is 1. The van der Waals surface area contributed by atoms with Gasteiger partial charge in [-0.05, 0) is 40.9 Å². The zero-order valence-electron chi connectivity index (χ0n) is 21.7. The molecule has 0 rings (SSSR count). The molecule has 31 heavy (non-hydrogen) atoms. The first-order valence-electron chi connectivity index (χ1n) is 12.5. The van der Waals surface area contributed by atoms with E-state index in [1.807, 2.05) is 32.1 Å². The molecule has 0 aromatic heterocycles. The number of amides is 1. The van der Waals surface area contributed by atoms with E-state index in [0.717, 1.165) is 25.7 Å². The van der Waals surface area contributed by atoms with Crippen LogP contribution in [0.25, 0.3) is 0 Å². The summed E-state index contributed by atoms with van der Waals surface area (Å²) in [4.78, 5) is 22.7. The minimum atomic E-state index is -0.655. The number of carbonyl (C=O) groups excluding carboxylic acids is 1. The summed E-state index contributed by atoms with van der Waals surface area (Å²) in [7, 11) is 6.00. The van der Waals surface area contributed by atoms with Gasteiger partial charge in [0.15, 0.2) is 0 Å². The summed E-state index contributed by atoms with van der Waals surface area (Å²) in [5.41, 5.74) is 5.63. The Hall–Kier alpha value is -1.36. The van der Waals surface area contributed by atoms with Crippen molar-refractivity contribution in [3.63, 3.8) is 0 Å². The van der Waals surface area contributed by atoms with E-state index in [1.165, 1.54) is 70.6 Å². The van der Waals surface area contributed by atoms with Gasteiger partial charge in [-0.2, -0.15) is 0 Å². The maximum absolute atomic E-state index is 10.4. The predicted octanol–water partition coefficient (Wildman–Crippen LogP) is 6.95. The molecule has 0 saturated heterocycles. The lowest BCUT2D eigenvalue weighted by Gasteiger charge is -2.02. The first kappa shape index (κ1) is 34.3. The molecule has 5 heteroatoms. The summed E-state index contributed by atoms with van der Waals surface area (Å²) in [5.74, 6) is -0.971. The highest BCUT2D eigenvalue weighted by molar-refractivity contribution is 5.91. The smallest absolute Gasteiger partial charge is 0.303 e. The lowest BCUT2D eigenvalue weighted by atomic mass is 10.0. The second-order valence-corrected chi connectivity index (χ2v) is 8.77. The number of hydrogen-bond acceptors (Lipinski definition) is 3. The second-order valence-electron chi connectivity index (χ2n) is 8.77. The summed E-state index contributed by atoms with van der Waals surface area (Å²) in [6, 6.07) is 0. The normalized spacial score (nSPS) is 10.7. The second kappa shape index (κ2) is 28.6. The minimum Gasteiger partial charge on any atom is -0.481 e. The number of carboxylic acid groups (broad SMARTS) is 1. The van der Waals surface area contributed by atoms with Crippen LogP contribution in [0.5, 0.6) is 0 Å². The first-order chi connectivity index (χ1) is 14.7. The van der Waals surface area contributed by atoms with Gasteiger partial charge in [0.1, 0.15) is 0 Å². The maximum Gasteiger partial charge on any atom is 0.303 e. The number of unbranched alkanes of at least 4 members (excludes halogenated alkanes) is 13. The quantitative estimate of drug-likeness (QED) is 0.188. The van der Waals surface area contributed by atoms with Crippen molar-refractivity contribution >= 4 is 11.9 Å². The number of primary amides is 1. The molecule has 0 spiro atoms. The number of carbonyl (C=O) groups is 2. The van der Waals surface area contributed by atoms with Crippen LogP contribution in [0.2, 0.25) is 0 Å². The Morgan fingerprint density at radius 2 is 1.10 bits per heavy atom. The van der Waals surface area contributed by atoms with E-state index in [9.17, 15) is 9.59 Å². The van der Waals surface area contributed by atoms with Crippen molar-refractivity contribution in [3.05, 3.63) is 11.6 Å². The van der Waals surface area contributed by atoms with Crippen LogP contribution in [-0.4, -0.2) is 43.0 Å². The highest BCUT2D eigenvalue weighted by atomic mass is 16.4. The Balaban J connectivity index is -0.000000499. The van der Waals surface area contributed by atoms with Gasteiger partial charge in [0.25, 0.3) is 0 Å². The monoisotopic (exact) mass is 442 g/mol. The molecule has 0 aliphatic rings. The van der Waals surface area contributed by atoms with E-state index in [2.05, 4.69) is 13.8 Å². The van der Waals surface area contributed by atoms with Gasteiger partial charge in [0, 0.05) is 12.0 Å². The molecular formula is C26H54N2O3. The maximum atomic E-state index is 10.4. The molecular weight excluding hydrogens is 388 g/mol. The third-order valence-corrected chi connectivity index (χ3v) is 4.62. The van der Waals surface area contributed by atoms with Crippen molar-refractivity contribution in [3.8, 4) is 0 Å². The van der Waals surface area contributed by atoms with Gasteiger partial charge < -0.3 is 15.7 Å². The molecule has 0 heterocycles. The highest BCUT2D eigenvalue weighted by Gasteiger charge is 1.97. The fourth-order valence-electron chi connectivity index (χ4n) is 2.76. The van der Waals surface area contributed by atoms with Crippen LogP contribution in [0.4, 0.5) is 0 Å². The first-order valence-corrected chi connectivity index (χ1v) is 12.5. The molecule has 0 saturated carbocycles. The molecule has 5 nitrogen and oxygen atoms in total. The number of nitrogens with zero attached hydrogens (tertiary/aromatic N) is 1. The average molecular weight is 443 g/mol. The van der Waals surface area contributed by atoms with Crippen molar-refractivity contribution in [2.24, 2.45) is 5.73 Å². The number of allylic oxidation sites excluding steroid dienone is 1. The van der Waals surface area contributed by atoms with E-state index >= 15 is 0 Å². The fourth-order valence-corrected chi connectivity index (χ4v) is 2.76. The summed E-state index contributed by atoms with van der Waals surface area (Å²) in [5, 5.41) is 8.49. The van der Waals surface area contributed by atoms with E-state index in [1.54, 1.807) is 6.92 Å². The molecule has 0 radical (unpaired) electrons. The van der Waals surface area contributed by atoms with Crippen LogP contribution < -0.4 is 5.73 Å². The molecule has 0 aromatic carbocycles. The van der Waals surface area contributed by atoms with Crippen LogP contribution in [0, 0.1) is 0 Å². The van der Waals surface area contributed by atoms with Crippen LogP contribution >= 0.6 is 0 Å². The average Bonchev–Trinajstić information content (AvgIpc) is 2.69. The molecule has 0 aliphatic heterocycles. The van der Waals surface area contributed by atoms with E-state index in [4.69, 9.17) is 10.8 Å². The summed E-state index contributed by atoms with van der Waals surface area (Å²) >= 11 is 0. The molecule has 0 atom stereocenters. The van der Waals surface area contributed by atoms with E-state index in [-0.39, 0.29) is 5.91 Å². The molecule has 1 amide bonds. The van der Waals surface area contributed by atoms with Crippen LogP contribution in [0.1, 0.15) is 124 Å². The molecule has 186 valence electrons. The lowest BCUT2D eigenvalue weighted by molar-refractivity contribution is -0.137. The molecule has 0 fully saturated rings. The van der Waals surface area contributed by atoms with Crippen LogP contribution in [0.15, 0.2) is 11.6 Å². The van der Waals surface area contributed by atoms with Gasteiger partial charge in [0.2, 0.25) is 5.91 Å². The van der Waals surface area contributed by atoms with Gasteiger partial charge in [0.05, 0.1) is 0 Å². The summed E-state index contributed by atoms with van der Waals surface area (Å²) in [6.07, 6.45) is 21.1.